The summed E-state index contributed by atoms with van der Waals surface area (Å²) in [5, 5.41) is 5.96. The summed E-state index contributed by atoms with van der Waals surface area (Å²) in [7, 11) is 0. The third kappa shape index (κ3) is 3.67. The quantitative estimate of drug-likeness (QED) is 0.920. The lowest BCUT2D eigenvalue weighted by atomic mass is 10.0. The Morgan fingerprint density at radius 1 is 1.43 bits per heavy atom. The molecule has 21 heavy (non-hydrogen) atoms. The molecular weight excluding hydrogens is 287 g/mol. The number of thiazole rings is 1. The summed E-state index contributed by atoms with van der Waals surface area (Å²) < 4.78 is 13.0. The fraction of sp³-hybridized carbons (Fsp3) is 0.375. The van der Waals surface area contributed by atoms with Gasteiger partial charge in [0.2, 0.25) is 5.91 Å². The van der Waals surface area contributed by atoms with Gasteiger partial charge in [-0.3, -0.25) is 4.79 Å². The molecule has 5 heteroatoms. The maximum absolute atomic E-state index is 13.0. The van der Waals surface area contributed by atoms with E-state index in [-0.39, 0.29) is 17.8 Å². The van der Waals surface area contributed by atoms with E-state index in [0.717, 1.165) is 29.1 Å². The zero-order valence-electron chi connectivity index (χ0n) is 11.8. The molecule has 0 saturated heterocycles. The monoisotopic (exact) mass is 304 g/mol. The van der Waals surface area contributed by atoms with Gasteiger partial charge in [-0.1, -0.05) is 12.1 Å². The zero-order chi connectivity index (χ0) is 14.8. The molecule has 1 amide bonds. The molecule has 1 heterocycles. The average Bonchev–Trinajstić information content (AvgIpc) is 3.21. The molecule has 1 aromatic carbocycles. The SMILES string of the molecule is Cc1nc(CC(=O)N[C@H](c2ccc(F)cc2)C2CC2)cs1. The van der Waals surface area contributed by atoms with Gasteiger partial charge in [0.05, 0.1) is 23.2 Å². The van der Waals surface area contributed by atoms with Gasteiger partial charge in [0.25, 0.3) is 0 Å². The largest absolute Gasteiger partial charge is 0.349 e. The first-order valence-electron chi connectivity index (χ1n) is 7.07. The maximum atomic E-state index is 13.0. The molecule has 0 bridgehead atoms. The van der Waals surface area contributed by atoms with E-state index in [0.29, 0.717) is 12.3 Å². The minimum atomic E-state index is -0.252. The molecule has 1 aliphatic carbocycles. The number of nitrogens with zero attached hydrogens (tertiary/aromatic N) is 1. The third-order valence-corrected chi connectivity index (χ3v) is 4.47. The van der Waals surface area contributed by atoms with Crippen LogP contribution in [-0.2, 0) is 11.2 Å². The smallest absolute Gasteiger partial charge is 0.226 e. The number of hydrogen-bond donors (Lipinski definition) is 1. The number of nitrogens with one attached hydrogen (secondary N) is 1. The number of carbonyl (C=O) groups is 1. The predicted molar refractivity (Wildman–Crippen MR) is 80.6 cm³/mol. The highest BCUT2D eigenvalue weighted by atomic mass is 32.1. The fourth-order valence-corrected chi connectivity index (χ4v) is 3.06. The van der Waals surface area contributed by atoms with E-state index in [1.165, 1.54) is 12.1 Å². The van der Waals surface area contributed by atoms with Crippen molar-refractivity contribution < 1.29 is 9.18 Å². The molecular formula is C16H17FN2OS. The Hall–Kier alpha value is -1.75. The summed E-state index contributed by atoms with van der Waals surface area (Å²) in [6.45, 7) is 1.93. The van der Waals surface area contributed by atoms with Crippen LogP contribution < -0.4 is 5.32 Å². The lowest BCUT2D eigenvalue weighted by molar-refractivity contribution is -0.121. The van der Waals surface area contributed by atoms with Crippen molar-refractivity contribution in [2.75, 3.05) is 0 Å². The molecule has 1 fully saturated rings. The van der Waals surface area contributed by atoms with E-state index in [2.05, 4.69) is 10.3 Å². The van der Waals surface area contributed by atoms with Crippen LogP contribution in [0.5, 0.6) is 0 Å². The molecule has 1 aromatic heterocycles. The number of benzene rings is 1. The van der Waals surface area contributed by atoms with Crippen LogP contribution in [-0.4, -0.2) is 10.9 Å². The first kappa shape index (κ1) is 14.2. The lowest BCUT2D eigenvalue weighted by Crippen LogP contribution is -2.31. The molecule has 1 aliphatic rings. The molecule has 0 aliphatic heterocycles. The number of halogens is 1. The summed E-state index contributed by atoms with van der Waals surface area (Å²) in [6.07, 6.45) is 2.52. The Kier molecular flexibility index (Phi) is 4.01. The first-order valence-corrected chi connectivity index (χ1v) is 7.95. The van der Waals surface area contributed by atoms with Gasteiger partial charge in [0.15, 0.2) is 0 Å². The van der Waals surface area contributed by atoms with Crippen molar-refractivity contribution in [1.29, 1.82) is 0 Å². The van der Waals surface area contributed by atoms with Crippen molar-refractivity contribution in [3.05, 3.63) is 51.7 Å². The summed E-state index contributed by atoms with van der Waals surface area (Å²) in [4.78, 5) is 16.5. The fourth-order valence-electron chi connectivity index (χ4n) is 2.45. The molecule has 0 spiro atoms. The Labute approximate surface area is 127 Å². The topological polar surface area (TPSA) is 42.0 Å². The van der Waals surface area contributed by atoms with Crippen LogP contribution in [0, 0.1) is 18.7 Å². The minimum absolute atomic E-state index is 0.0159. The second-order valence-corrected chi connectivity index (χ2v) is 6.53. The van der Waals surface area contributed by atoms with E-state index in [9.17, 15) is 9.18 Å². The van der Waals surface area contributed by atoms with E-state index in [4.69, 9.17) is 0 Å². The number of aromatic nitrogens is 1. The van der Waals surface area contributed by atoms with Gasteiger partial charge >= 0.3 is 0 Å². The highest BCUT2D eigenvalue weighted by molar-refractivity contribution is 7.09. The maximum Gasteiger partial charge on any atom is 0.226 e. The van der Waals surface area contributed by atoms with Crippen LogP contribution in [0.4, 0.5) is 4.39 Å². The number of aryl methyl sites for hydroxylation is 1. The number of carbonyl (C=O) groups excluding carboxylic acids is 1. The summed E-state index contributed by atoms with van der Waals surface area (Å²) in [6, 6.07) is 6.39. The third-order valence-electron chi connectivity index (χ3n) is 3.65. The number of rotatable bonds is 5. The standard InChI is InChI=1S/C16H17FN2OS/c1-10-18-14(9-21-10)8-15(20)19-16(11-2-3-11)12-4-6-13(17)7-5-12/h4-7,9,11,16H,2-3,8H2,1H3,(H,19,20)/t16-/m0/s1. The van der Waals surface area contributed by atoms with Crippen LogP contribution >= 0.6 is 11.3 Å². The first-order chi connectivity index (χ1) is 10.1. The van der Waals surface area contributed by atoms with Gasteiger partial charge in [-0.05, 0) is 43.4 Å². The Morgan fingerprint density at radius 2 is 2.14 bits per heavy atom. The van der Waals surface area contributed by atoms with Crippen molar-refractivity contribution >= 4 is 17.2 Å². The average molecular weight is 304 g/mol. The molecule has 3 nitrogen and oxygen atoms in total. The van der Waals surface area contributed by atoms with Crippen LogP contribution in [0.15, 0.2) is 29.6 Å². The van der Waals surface area contributed by atoms with Crippen molar-refractivity contribution in [1.82, 2.24) is 10.3 Å². The Balaban J connectivity index is 1.67. The predicted octanol–water partition coefficient (Wildman–Crippen LogP) is 3.40. The van der Waals surface area contributed by atoms with Crippen molar-refractivity contribution in [2.24, 2.45) is 5.92 Å². The van der Waals surface area contributed by atoms with Crippen molar-refractivity contribution in [3.63, 3.8) is 0 Å². The van der Waals surface area contributed by atoms with Gasteiger partial charge in [-0.25, -0.2) is 9.37 Å². The lowest BCUT2D eigenvalue weighted by Gasteiger charge is -2.18. The highest BCUT2D eigenvalue weighted by Crippen LogP contribution is 2.41. The highest BCUT2D eigenvalue weighted by Gasteiger charge is 2.33. The van der Waals surface area contributed by atoms with E-state index in [1.54, 1.807) is 23.5 Å². The second-order valence-electron chi connectivity index (χ2n) is 5.47. The van der Waals surface area contributed by atoms with E-state index < -0.39 is 0 Å². The van der Waals surface area contributed by atoms with Gasteiger partial charge < -0.3 is 5.32 Å². The normalized spacial score (nSPS) is 15.7. The van der Waals surface area contributed by atoms with Crippen molar-refractivity contribution in [2.45, 2.75) is 32.2 Å². The van der Waals surface area contributed by atoms with Gasteiger partial charge in [0.1, 0.15) is 5.82 Å². The molecule has 0 radical (unpaired) electrons. The van der Waals surface area contributed by atoms with Crippen LogP contribution in [0.3, 0.4) is 0 Å². The number of hydrogen-bond acceptors (Lipinski definition) is 3. The van der Waals surface area contributed by atoms with Gasteiger partial charge in [-0.2, -0.15) is 0 Å². The van der Waals surface area contributed by atoms with Gasteiger partial charge in [-0.15, -0.1) is 11.3 Å². The van der Waals surface area contributed by atoms with Gasteiger partial charge in [0, 0.05) is 5.38 Å². The molecule has 1 N–H and O–H groups in total. The summed E-state index contributed by atoms with van der Waals surface area (Å²) >= 11 is 1.55. The van der Waals surface area contributed by atoms with Crippen molar-refractivity contribution in [3.8, 4) is 0 Å². The molecule has 3 rings (SSSR count). The number of amides is 1. The molecule has 0 unspecified atom stereocenters. The van der Waals surface area contributed by atoms with Crippen LogP contribution in [0.1, 0.15) is 35.1 Å². The Bertz CT molecular complexity index is 634. The summed E-state index contributed by atoms with van der Waals surface area (Å²) in [5.74, 6) is 0.190. The molecule has 110 valence electrons. The minimum Gasteiger partial charge on any atom is -0.349 e. The second kappa shape index (κ2) is 5.93. The molecule has 1 atom stereocenters. The van der Waals surface area contributed by atoms with Crippen LogP contribution in [0.25, 0.3) is 0 Å². The van der Waals surface area contributed by atoms with Crippen LogP contribution in [0.2, 0.25) is 0 Å². The zero-order valence-corrected chi connectivity index (χ0v) is 12.6. The van der Waals surface area contributed by atoms with E-state index in [1.807, 2.05) is 12.3 Å². The molecule has 1 saturated carbocycles. The molecule has 2 aromatic rings. The summed E-state index contributed by atoms with van der Waals surface area (Å²) in [5.41, 5.74) is 1.78. The Morgan fingerprint density at radius 3 is 2.71 bits per heavy atom. The van der Waals surface area contributed by atoms with E-state index >= 15 is 0 Å².